The molecule has 0 spiro atoms. The SMILES string of the molecule is CCC(=O)c1ccc(C(=O)O)c(OC(F)F)c1. The van der Waals surface area contributed by atoms with Gasteiger partial charge >= 0.3 is 12.6 Å². The summed E-state index contributed by atoms with van der Waals surface area (Å²) in [6.07, 6.45) is 0.195. The van der Waals surface area contributed by atoms with Crippen LogP contribution in [0.5, 0.6) is 5.75 Å². The predicted octanol–water partition coefficient (Wildman–Crippen LogP) is 2.58. The molecule has 6 heteroatoms. The van der Waals surface area contributed by atoms with E-state index in [4.69, 9.17) is 5.11 Å². The van der Waals surface area contributed by atoms with E-state index >= 15 is 0 Å². The van der Waals surface area contributed by atoms with Crippen molar-refractivity contribution >= 4 is 11.8 Å². The molecule has 0 radical (unpaired) electrons. The number of ether oxygens (including phenoxy) is 1. The number of carboxylic acids is 1. The zero-order valence-electron chi connectivity index (χ0n) is 8.94. The zero-order chi connectivity index (χ0) is 13.0. The molecule has 0 aliphatic heterocycles. The van der Waals surface area contributed by atoms with Crippen molar-refractivity contribution in [2.45, 2.75) is 20.0 Å². The number of aromatic carboxylic acids is 1. The minimum atomic E-state index is -3.14. The highest BCUT2D eigenvalue weighted by Crippen LogP contribution is 2.23. The van der Waals surface area contributed by atoms with E-state index in [0.29, 0.717) is 0 Å². The number of hydrogen-bond donors (Lipinski definition) is 1. The Hall–Kier alpha value is -1.98. The maximum atomic E-state index is 12.1. The number of Topliss-reactive ketones (excluding diaryl/α,β-unsaturated/α-hetero) is 1. The quantitative estimate of drug-likeness (QED) is 0.808. The third-order valence-electron chi connectivity index (χ3n) is 2.07. The molecule has 92 valence electrons. The van der Waals surface area contributed by atoms with Gasteiger partial charge in [0.05, 0.1) is 0 Å². The highest BCUT2D eigenvalue weighted by Gasteiger charge is 2.17. The minimum Gasteiger partial charge on any atom is -0.478 e. The molecule has 0 aliphatic rings. The van der Waals surface area contributed by atoms with Crippen molar-refractivity contribution in [2.75, 3.05) is 0 Å². The molecule has 1 aromatic carbocycles. The number of benzene rings is 1. The number of hydrogen-bond acceptors (Lipinski definition) is 3. The lowest BCUT2D eigenvalue weighted by molar-refractivity contribution is -0.0503. The van der Waals surface area contributed by atoms with Gasteiger partial charge in [-0.1, -0.05) is 13.0 Å². The summed E-state index contributed by atoms with van der Waals surface area (Å²) in [7, 11) is 0. The van der Waals surface area contributed by atoms with E-state index in [-0.39, 0.29) is 17.8 Å². The molecule has 1 aromatic rings. The lowest BCUT2D eigenvalue weighted by Crippen LogP contribution is -2.09. The van der Waals surface area contributed by atoms with E-state index < -0.39 is 23.9 Å². The normalized spacial score (nSPS) is 10.4. The number of carbonyl (C=O) groups excluding carboxylic acids is 1. The molecule has 0 unspecified atom stereocenters. The average molecular weight is 244 g/mol. The Kier molecular flexibility index (Phi) is 4.14. The molecular formula is C11H10F2O4. The first-order chi connectivity index (χ1) is 7.95. The highest BCUT2D eigenvalue weighted by molar-refractivity contribution is 5.98. The van der Waals surface area contributed by atoms with Gasteiger partial charge in [-0.05, 0) is 12.1 Å². The van der Waals surface area contributed by atoms with Gasteiger partial charge in [-0.2, -0.15) is 8.78 Å². The van der Waals surface area contributed by atoms with Gasteiger partial charge in [0.2, 0.25) is 0 Å². The van der Waals surface area contributed by atoms with Crippen LogP contribution in [0.25, 0.3) is 0 Å². The van der Waals surface area contributed by atoms with E-state index in [2.05, 4.69) is 4.74 Å². The molecule has 0 aliphatic carbocycles. The van der Waals surface area contributed by atoms with Crippen molar-refractivity contribution in [1.29, 1.82) is 0 Å². The third-order valence-corrected chi connectivity index (χ3v) is 2.07. The number of rotatable bonds is 5. The third kappa shape index (κ3) is 3.24. The Morgan fingerprint density at radius 2 is 2.06 bits per heavy atom. The van der Waals surface area contributed by atoms with E-state index in [1.807, 2.05) is 0 Å². The van der Waals surface area contributed by atoms with Crippen LogP contribution in [0.4, 0.5) is 8.78 Å². The van der Waals surface area contributed by atoms with Gasteiger partial charge in [0.1, 0.15) is 11.3 Å². The van der Waals surface area contributed by atoms with Crippen LogP contribution in [0.1, 0.15) is 34.1 Å². The van der Waals surface area contributed by atoms with Gasteiger partial charge < -0.3 is 9.84 Å². The summed E-state index contributed by atoms with van der Waals surface area (Å²) in [4.78, 5) is 22.1. The molecule has 0 saturated carbocycles. The first-order valence-electron chi connectivity index (χ1n) is 4.81. The van der Waals surface area contributed by atoms with Gasteiger partial charge in [-0.3, -0.25) is 4.79 Å². The first-order valence-corrected chi connectivity index (χ1v) is 4.81. The molecule has 0 amide bonds. The summed E-state index contributed by atoms with van der Waals surface area (Å²) < 4.78 is 28.2. The molecule has 1 rings (SSSR count). The Morgan fingerprint density at radius 1 is 1.41 bits per heavy atom. The number of carbonyl (C=O) groups is 2. The molecule has 1 N–H and O–H groups in total. The average Bonchev–Trinajstić information content (AvgIpc) is 2.26. The van der Waals surface area contributed by atoms with Crippen LogP contribution in [-0.2, 0) is 0 Å². The number of halogens is 2. The van der Waals surface area contributed by atoms with Crippen LogP contribution in [0.3, 0.4) is 0 Å². The van der Waals surface area contributed by atoms with E-state index in [0.717, 1.165) is 12.1 Å². The van der Waals surface area contributed by atoms with Gasteiger partial charge in [0.15, 0.2) is 5.78 Å². The van der Waals surface area contributed by atoms with Crippen LogP contribution >= 0.6 is 0 Å². The lowest BCUT2D eigenvalue weighted by Gasteiger charge is -2.09. The van der Waals surface area contributed by atoms with Gasteiger partial charge in [-0.25, -0.2) is 4.79 Å². The van der Waals surface area contributed by atoms with E-state index in [1.165, 1.54) is 6.07 Å². The van der Waals surface area contributed by atoms with E-state index in [1.54, 1.807) is 6.92 Å². The summed E-state index contributed by atoms with van der Waals surface area (Å²) >= 11 is 0. The topological polar surface area (TPSA) is 63.6 Å². The van der Waals surface area contributed by atoms with E-state index in [9.17, 15) is 18.4 Å². The van der Waals surface area contributed by atoms with Crippen LogP contribution in [0.15, 0.2) is 18.2 Å². The van der Waals surface area contributed by atoms with Crippen molar-refractivity contribution in [3.8, 4) is 5.75 Å². The standard InChI is InChI=1S/C11H10F2O4/c1-2-8(14)6-3-4-7(10(15)16)9(5-6)17-11(12)13/h3-5,11H,2H2,1H3,(H,15,16). The second-order valence-electron chi connectivity index (χ2n) is 3.17. The number of ketones is 1. The molecule has 0 bridgehead atoms. The summed E-state index contributed by atoms with van der Waals surface area (Å²) in [5, 5.41) is 8.76. The molecule has 0 fully saturated rings. The number of carboxylic acid groups (broad SMARTS) is 1. The minimum absolute atomic E-state index is 0.146. The summed E-state index contributed by atoms with van der Waals surface area (Å²) in [6, 6.07) is 3.36. The van der Waals surface area contributed by atoms with Crippen molar-refractivity contribution in [2.24, 2.45) is 0 Å². The van der Waals surface area contributed by atoms with Crippen molar-refractivity contribution < 1.29 is 28.2 Å². The Balaban J connectivity index is 3.18. The zero-order valence-corrected chi connectivity index (χ0v) is 8.94. The monoisotopic (exact) mass is 244 g/mol. The Morgan fingerprint density at radius 3 is 2.53 bits per heavy atom. The molecule has 0 saturated heterocycles. The van der Waals surface area contributed by atoms with Crippen LogP contribution in [0, 0.1) is 0 Å². The molecule has 4 nitrogen and oxygen atoms in total. The second kappa shape index (κ2) is 5.38. The predicted molar refractivity (Wildman–Crippen MR) is 54.7 cm³/mol. The maximum absolute atomic E-state index is 12.1. The van der Waals surface area contributed by atoms with Crippen LogP contribution in [0.2, 0.25) is 0 Å². The molecule has 17 heavy (non-hydrogen) atoms. The van der Waals surface area contributed by atoms with Crippen molar-refractivity contribution in [3.63, 3.8) is 0 Å². The van der Waals surface area contributed by atoms with Crippen molar-refractivity contribution in [1.82, 2.24) is 0 Å². The largest absolute Gasteiger partial charge is 0.478 e. The second-order valence-corrected chi connectivity index (χ2v) is 3.17. The summed E-state index contributed by atoms with van der Waals surface area (Å²) in [6.45, 7) is -1.53. The molecule has 0 heterocycles. The number of alkyl halides is 2. The van der Waals surface area contributed by atoms with Crippen LogP contribution in [-0.4, -0.2) is 23.5 Å². The fourth-order valence-electron chi connectivity index (χ4n) is 1.27. The fourth-order valence-corrected chi connectivity index (χ4v) is 1.27. The lowest BCUT2D eigenvalue weighted by atomic mass is 10.1. The van der Waals surface area contributed by atoms with Gasteiger partial charge in [0.25, 0.3) is 0 Å². The Labute approximate surface area is 95.8 Å². The highest BCUT2D eigenvalue weighted by atomic mass is 19.3. The van der Waals surface area contributed by atoms with Gasteiger partial charge in [-0.15, -0.1) is 0 Å². The molecular weight excluding hydrogens is 234 g/mol. The van der Waals surface area contributed by atoms with Crippen molar-refractivity contribution in [3.05, 3.63) is 29.3 Å². The Bertz CT molecular complexity index is 443. The summed E-state index contributed by atoms with van der Waals surface area (Å²) in [5.74, 6) is -2.18. The summed E-state index contributed by atoms with van der Waals surface area (Å²) in [5.41, 5.74) is -0.258. The molecule has 0 aromatic heterocycles. The van der Waals surface area contributed by atoms with Crippen LogP contribution < -0.4 is 4.74 Å². The first kappa shape index (κ1) is 13.1. The van der Waals surface area contributed by atoms with Gasteiger partial charge in [0, 0.05) is 12.0 Å². The smallest absolute Gasteiger partial charge is 0.387 e. The maximum Gasteiger partial charge on any atom is 0.387 e. The molecule has 0 atom stereocenters. The fraction of sp³-hybridized carbons (Fsp3) is 0.273.